The second kappa shape index (κ2) is 6.18. The van der Waals surface area contributed by atoms with Gasteiger partial charge in [-0.05, 0) is 31.5 Å². The Morgan fingerprint density at radius 1 is 1.45 bits per heavy atom. The lowest BCUT2D eigenvalue weighted by molar-refractivity contribution is 0.582. The maximum atomic E-state index is 12.3. The molecule has 1 aliphatic rings. The van der Waals surface area contributed by atoms with Crippen molar-refractivity contribution >= 4 is 10.0 Å². The first kappa shape index (κ1) is 14.7. The van der Waals surface area contributed by atoms with Gasteiger partial charge in [0.05, 0.1) is 5.56 Å². The summed E-state index contributed by atoms with van der Waals surface area (Å²) in [6.07, 6.45) is 2.83. The van der Waals surface area contributed by atoms with E-state index in [-0.39, 0.29) is 10.5 Å². The third-order valence-electron chi connectivity index (χ3n) is 3.28. The van der Waals surface area contributed by atoms with Gasteiger partial charge in [-0.1, -0.05) is 23.8 Å². The van der Waals surface area contributed by atoms with E-state index in [1.54, 1.807) is 19.1 Å². The van der Waals surface area contributed by atoms with Gasteiger partial charge >= 0.3 is 0 Å². The van der Waals surface area contributed by atoms with Crippen molar-refractivity contribution in [3.05, 3.63) is 41.0 Å². The molecular weight excluding hydrogens is 274 g/mol. The Balaban J connectivity index is 2.21. The second-order valence-corrected chi connectivity index (χ2v) is 6.44. The van der Waals surface area contributed by atoms with Gasteiger partial charge in [-0.25, -0.2) is 13.1 Å². The predicted octanol–water partition coefficient (Wildman–Crippen LogP) is 1.06. The van der Waals surface area contributed by atoms with E-state index in [0.717, 1.165) is 25.1 Å². The summed E-state index contributed by atoms with van der Waals surface area (Å²) >= 11 is 0. The Morgan fingerprint density at radius 2 is 2.25 bits per heavy atom. The maximum Gasteiger partial charge on any atom is 0.242 e. The summed E-state index contributed by atoms with van der Waals surface area (Å²) in [6, 6.07) is 6.80. The normalized spacial score (nSPS) is 15.5. The van der Waals surface area contributed by atoms with Crippen LogP contribution in [0.5, 0.6) is 0 Å². The van der Waals surface area contributed by atoms with Gasteiger partial charge in [0.15, 0.2) is 0 Å². The Bertz CT molecular complexity index is 672. The number of nitrogens with one attached hydrogen (secondary N) is 2. The van der Waals surface area contributed by atoms with Crippen molar-refractivity contribution in [2.75, 3.05) is 19.6 Å². The summed E-state index contributed by atoms with van der Waals surface area (Å²) in [6.45, 7) is 3.65. The lowest BCUT2D eigenvalue weighted by Crippen LogP contribution is -2.30. The van der Waals surface area contributed by atoms with Gasteiger partial charge in [0, 0.05) is 13.1 Å². The number of hydrogen-bond donors (Lipinski definition) is 2. The molecule has 2 rings (SSSR count). The molecule has 0 bridgehead atoms. The number of nitrogens with zero attached hydrogens (tertiary/aromatic N) is 1. The first-order chi connectivity index (χ1) is 9.54. The summed E-state index contributed by atoms with van der Waals surface area (Å²) in [5.41, 5.74) is 1.94. The van der Waals surface area contributed by atoms with E-state index < -0.39 is 10.0 Å². The smallest absolute Gasteiger partial charge is 0.242 e. The molecule has 0 saturated heterocycles. The molecule has 0 fully saturated rings. The zero-order chi connectivity index (χ0) is 14.6. The number of hydrogen-bond acceptors (Lipinski definition) is 4. The minimum atomic E-state index is -3.66. The molecule has 1 heterocycles. The largest absolute Gasteiger partial charge is 0.313 e. The minimum Gasteiger partial charge on any atom is -0.313 e. The summed E-state index contributed by atoms with van der Waals surface area (Å²) in [4.78, 5) is 0.0505. The molecule has 2 N–H and O–H groups in total. The van der Waals surface area contributed by atoms with Crippen LogP contribution in [-0.4, -0.2) is 28.1 Å². The molecule has 0 unspecified atom stereocenters. The second-order valence-electron chi connectivity index (χ2n) is 4.70. The fourth-order valence-corrected chi connectivity index (χ4v) is 3.37. The Labute approximate surface area is 119 Å². The standard InChI is InChI=1S/C14H17N3O2S/c1-11-3-2-4-14(13(11)9-15)20(18,19)17-10-12-5-7-16-8-6-12/h2-5,16-17H,6-8,10H2,1H3. The highest BCUT2D eigenvalue weighted by Crippen LogP contribution is 2.18. The highest BCUT2D eigenvalue weighted by molar-refractivity contribution is 7.89. The van der Waals surface area contributed by atoms with Crippen molar-refractivity contribution < 1.29 is 8.42 Å². The SMILES string of the molecule is Cc1cccc(S(=O)(=O)NCC2=CCNCC2)c1C#N. The van der Waals surface area contributed by atoms with Crippen molar-refractivity contribution in [3.8, 4) is 6.07 Å². The number of benzene rings is 1. The summed E-state index contributed by atoms with van der Waals surface area (Å²) in [5.74, 6) is 0. The van der Waals surface area contributed by atoms with Gasteiger partial charge in [-0.3, -0.25) is 0 Å². The molecule has 0 radical (unpaired) electrons. The van der Waals surface area contributed by atoms with Crippen LogP contribution in [-0.2, 0) is 10.0 Å². The van der Waals surface area contributed by atoms with Crippen LogP contribution < -0.4 is 10.0 Å². The van der Waals surface area contributed by atoms with E-state index >= 15 is 0 Å². The quantitative estimate of drug-likeness (QED) is 0.813. The van der Waals surface area contributed by atoms with Crippen LogP contribution in [0.2, 0.25) is 0 Å². The molecule has 5 nitrogen and oxygen atoms in total. The van der Waals surface area contributed by atoms with Gasteiger partial charge in [0.25, 0.3) is 0 Å². The van der Waals surface area contributed by atoms with E-state index in [2.05, 4.69) is 10.0 Å². The molecule has 1 aliphatic heterocycles. The summed E-state index contributed by atoms with van der Waals surface area (Å²) in [7, 11) is -3.66. The lowest BCUT2D eigenvalue weighted by Gasteiger charge is -2.15. The fourth-order valence-electron chi connectivity index (χ4n) is 2.10. The van der Waals surface area contributed by atoms with Gasteiger partial charge in [0.1, 0.15) is 11.0 Å². The van der Waals surface area contributed by atoms with Crippen molar-refractivity contribution in [1.29, 1.82) is 5.26 Å². The lowest BCUT2D eigenvalue weighted by atomic mass is 10.1. The minimum absolute atomic E-state index is 0.0505. The molecule has 0 saturated carbocycles. The number of aryl methyl sites for hydroxylation is 1. The summed E-state index contributed by atoms with van der Waals surface area (Å²) in [5, 5.41) is 12.3. The van der Waals surface area contributed by atoms with Crippen LogP contribution in [0.15, 0.2) is 34.7 Å². The van der Waals surface area contributed by atoms with Gasteiger partial charge in [-0.15, -0.1) is 0 Å². The zero-order valence-electron chi connectivity index (χ0n) is 11.3. The van der Waals surface area contributed by atoms with E-state index in [4.69, 9.17) is 5.26 Å². The van der Waals surface area contributed by atoms with E-state index in [1.165, 1.54) is 6.07 Å². The molecule has 20 heavy (non-hydrogen) atoms. The van der Waals surface area contributed by atoms with Gasteiger partial charge in [-0.2, -0.15) is 5.26 Å². The van der Waals surface area contributed by atoms with Crippen molar-refractivity contribution in [2.24, 2.45) is 0 Å². The number of sulfonamides is 1. The number of rotatable bonds is 4. The first-order valence-electron chi connectivity index (χ1n) is 6.42. The molecular formula is C14H17N3O2S. The maximum absolute atomic E-state index is 12.3. The van der Waals surface area contributed by atoms with Gasteiger partial charge < -0.3 is 5.32 Å². The van der Waals surface area contributed by atoms with Crippen LogP contribution in [0.1, 0.15) is 17.5 Å². The van der Waals surface area contributed by atoms with E-state index in [9.17, 15) is 8.42 Å². The van der Waals surface area contributed by atoms with E-state index in [1.807, 2.05) is 12.1 Å². The van der Waals surface area contributed by atoms with Crippen molar-refractivity contribution in [1.82, 2.24) is 10.0 Å². The van der Waals surface area contributed by atoms with Crippen LogP contribution in [0.3, 0.4) is 0 Å². The van der Waals surface area contributed by atoms with Crippen molar-refractivity contribution in [3.63, 3.8) is 0 Å². The molecule has 6 heteroatoms. The zero-order valence-corrected chi connectivity index (χ0v) is 12.1. The third-order valence-corrected chi connectivity index (χ3v) is 4.73. The van der Waals surface area contributed by atoms with Crippen molar-refractivity contribution in [2.45, 2.75) is 18.2 Å². The molecule has 0 aliphatic carbocycles. The number of nitriles is 1. The average Bonchev–Trinajstić information content (AvgIpc) is 2.46. The molecule has 1 aromatic rings. The van der Waals surface area contributed by atoms with E-state index in [0.29, 0.717) is 12.1 Å². The fraction of sp³-hybridized carbons (Fsp3) is 0.357. The monoisotopic (exact) mass is 291 g/mol. The average molecular weight is 291 g/mol. The highest BCUT2D eigenvalue weighted by atomic mass is 32.2. The third kappa shape index (κ3) is 3.25. The first-order valence-corrected chi connectivity index (χ1v) is 7.91. The molecule has 0 aromatic heterocycles. The van der Waals surface area contributed by atoms with Crippen LogP contribution in [0.25, 0.3) is 0 Å². The van der Waals surface area contributed by atoms with Crippen LogP contribution in [0.4, 0.5) is 0 Å². The van der Waals surface area contributed by atoms with Crippen LogP contribution in [0, 0.1) is 18.3 Å². The Kier molecular flexibility index (Phi) is 4.55. The molecule has 0 spiro atoms. The molecule has 0 amide bonds. The van der Waals surface area contributed by atoms with Gasteiger partial charge in [0.2, 0.25) is 10.0 Å². The molecule has 0 atom stereocenters. The summed E-state index contributed by atoms with van der Waals surface area (Å²) < 4.78 is 27.2. The molecule has 1 aromatic carbocycles. The Morgan fingerprint density at radius 3 is 2.90 bits per heavy atom. The highest BCUT2D eigenvalue weighted by Gasteiger charge is 2.20. The molecule has 106 valence electrons. The van der Waals surface area contributed by atoms with Crippen LogP contribution >= 0.6 is 0 Å². The topological polar surface area (TPSA) is 82.0 Å². The predicted molar refractivity (Wildman–Crippen MR) is 76.7 cm³/mol. The Hall–Kier alpha value is -1.68.